The summed E-state index contributed by atoms with van der Waals surface area (Å²) in [5, 5.41) is 0.185. The van der Waals surface area contributed by atoms with Crippen LogP contribution in [0.5, 0.6) is 0 Å². The molecule has 0 spiro atoms. The summed E-state index contributed by atoms with van der Waals surface area (Å²) in [6.07, 6.45) is 1.65. The molecule has 2 atom stereocenters. The monoisotopic (exact) mass is 439 g/mol. The molecule has 9 heteroatoms. The zero-order valence-corrected chi connectivity index (χ0v) is 19.4. The first-order valence-electron chi connectivity index (χ1n) is 9.48. The minimum atomic E-state index is -3.65. The summed E-state index contributed by atoms with van der Waals surface area (Å²) in [7, 11) is -3.65. The number of carbonyl (C=O) groups is 2. The first kappa shape index (κ1) is 26.9. The second-order valence-electron chi connectivity index (χ2n) is 7.71. The van der Waals surface area contributed by atoms with Gasteiger partial charge < -0.3 is 9.47 Å². The molecule has 0 rings (SSSR count). The molecular weight excluding hydrogens is 406 g/mol. The largest absolute Gasteiger partial charge is 0.466 e. The van der Waals surface area contributed by atoms with Crippen molar-refractivity contribution in [2.24, 2.45) is 11.8 Å². The van der Waals surface area contributed by atoms with Gasteiger partial charge in [0.2, 0.25) is 10.0 Å². The van der Waals surface area contributed by atoms with Gasteiger partial charge in [-0.25, -0.2) is 13.1 Å². The van der Waals surface area contributed by atoms with Crippen LogP contribution in [0.2, 0.25) is 0 Å². The van der Waals surface area contributed by atoms with Crippen LogP contribution in [-0.4, -0.2) is 44.4 Å². The minimum Gasteiger partial charge on any atom is -0.466 e. The fraction of sp³-hybridized carbons (Fsp3) is 0.789. The van der Waals surface area contributed by atoms with E-state index in [4.69, 9.17) is 21.1 Å². The van der Waals surface area contributed by atoms with Gasteiger partial charge in [-0.05, 0) is 47.0 Å². The lowest BCUT2D eigenvalue weighted by Crippen LogP contribution is -2.47. The fourth-order valence-electron chi connectivity index (χ4n) is 2.18. The van der Waals surface area contributed by atoms with Gasteiger partial charge in [-0.1, -0.05) is 31.5 Å². The summed E-state index contributed by atoms with van der Waals surface area (Å²) in [5.41, 5.74) is 0. The van der Waals surface area contributed by atoms with Gasteiger partial charge in [0.05, 0.1) is 29.9 Å². The van der Waals surface area contributed by atoms with E-state index in [0.717, 1.165) is 0 Å². The minimum absolute atomic E-state index is 0.0258. The van der Waals surface area contributed by atoms with Gasteiger partial charge in [0.25, 0.3) is 0 Å². The SMILES string of the molecule is CCOC(=O)CC[C@H](/C=C(\Cl)[C@@H](NS(=O)(=O)C(C)(C)C)C(C)C)C(=O)OCC. The van der Waals surface area contributed by atoms with Gasteiger partial charge in [-0.3, -0.25) is 9.59 Å². The van der Waals surface area contributed by atoms with Crippen molar-refractivity contribution in [3.63, 3.8) is 0 Å². The Labute approximate surface area is 174 Å². The van der Waals surface area contributed by atoms with Crippen molar-refractivity contribution < 1.29 is 27.5 Å². The fourth-order valence-corrected chi connectivity index (χ4v) is 3.79. The molecular formula is C19H34ClNO6S. The van der Waals surface area contributed by atoms with Crippen LogP contribution in [0, 0.1) is 11.8 Å². The van der Waals surface area contributed by atoms with Gasteiger partial charge in [-0.2, -0.15) is 0 Å². The van der Waals surface area contributed by atoms with Crippen LogP contribution < -0.4 is 4.72 Å². The van der Waals surface area contributed by atoms with E-state index in [1.54, 1.807) is 34.6 Å². The maximum atomic E-state index is 12.5. The maximum Gasteiger partial charge on any atom is 0.312 e. The molecule has 0 heterocycles. The van der Waals surface area contributed by atoms with E-state index in [-0.39, 0.29) is 37.0 Å². The lowest BCUT2D eigenvalue weighted by Gasteiger charge is -2.28. The Bertz CT molecular complexity index is 652. The molecule has 0 radical (unpaired) electrons. The number of rotatable bonds is 11. The third kappa shape index (κ3) is 8.92. The van der Waals surface area contributed by atoms with Crippen molar-refractivity contribution in [2.75, 3.05) is 13.2 Å². The van der Waals surface area contributed by atoms with E-state index in [9.17, 15) is 18.0 Å². The molecule has 0 unspecified atom stereocenters. The number of carbonyl (C=O) groups excluding carboxylic acids is 2. The second-order valence-corrected chi connectivity index (χ2v) is 10.6. The van der Waals surface area contributed by atoms with Gasteiger partial charge in [0.1, 0.15) is 0 Å². The van der Waals surface area contributed by atoms with Crippen molar-refractivity contribution in [2.45, 2.75) is 72.1 Å². The van der Waals surface area contributed by atoms with Crippen LogP contribution in [0.3, 0.4) is 0 Å². The van der Waals surface area contributed by atoms with Gasteiger partial charge >= 0.3 is 11.9 Å². The molecule has 28 heavy (non-hydrogen) atoms. The van der Waals surface area contributed by atoms with Crippen LogP contribution in [0.25, 0.3) is 0 Å². The van der Waals surface area contributed by atoms with Gasteiger partial charge in [-0.15, -0.1) is 0 Å². The molecule has 7 nitrogen and oxygen atoms in total. The number of esters is 2. The van der Waals surface area contributed by atoms with Crippen LogP contribution in [-0.2, 0) is 29.1 Å². The molecule has 0 bridgehead atoms. The highest BCUT2D eigenvalue weighted by Crippen LogP contribution is 2.24. The Hall–Kier alpha value is -1.12. The van der Waals surface area contributed by atoms with E-state index >= 15 is 0 Å². The molecule has 0 aliphatic heterocycles. The Balaban J connectivity index is 5.62. The van der Waals surface area contributed by atoms with Gasteiger partial charge in [0, 0.05) is 11.5 Å². The number of nitrogens with one attached hydrogen (secondary N) is 1. The number of hydrogen-bond acceptors (Lipinski definition) is 6. The Morgan fingerprint density at radius 3 is 2.07 bits per heavy atom. The first-order chi connectivity index (χ1) is 12.8. The molecule has 0 saturated heterocycles. The van der Waals surface area contributed by atoms with Crippen LogP contribution >= 0.6 is 11.6 Å². The van der Waals surface area contributed by atoms with Crippen LogP contribution in [0.15, 0.2) is 11.1 Å². The highest BCUT2D eigenvalue weighted by molar-refractivity contribution is 7.90. The molecule has 0 fully saturated rings. The standard InChI is InChI=1S/C19H34ClNO6S/c1-8-26-16(22)11-10-14(18(23)27-9-2)12-15(20)17(13(3)4)21-28(24,25)19(5,6)7/h12-14,17,21H,8-11H2,1-7H3/b15-12-/t14-,17+/m1/s1. The van der Waals surface area contributed by atoms with E-state index in [1.807, 2.05) is 13.8 Å². The first-order valence-corrected chi connectivity index (χ1v) is 11.3. The summed E-state index contributed by atoms with van der Waals surface area (Å²) in [6, 6.07) is -0.703. The predicted octanol–water partition coefficient (Wildman–Crippen LogP) is 3.37. The molecule has 0 saturated carbocycles. The Morgan fingerprint density at radius 2 is 1.64 bits per heavy atom. The number of sulfonamides is 1. The summed E-state index contributed by atoms with van der Waals surface area (Å²) in [4.78, 5) is 23.9. The number of halogens is 1. The molecule has 0 aromatic carbocycles. The summed E-state index contributed by atoms with van der Waals surface area (Å²) in [5.74, 6) is -1.88. The molecule has 0 aromatic rings. The third-order valence-electron chi connectivity index (χ3n) is 3.97. The Morgan fingerprint density at radius 1 is 1.11 bits per heavy atom. The normalized spacial score (nSPS) is 15.2. The van der Waals surface area contributed by atoms with Crippen molar-refractivity contribution >= 4 is 33.6 Å². The Kier molecular flexibility index (Phi) is 11.3. The van der Waals surface area contributed by atoms with Crippen molar-refractivity contribution in [3.05, 3.63) is 11.1 Å². The number of hydrogen-bond donors (Lipinski definition) is 1. The summed E-state index contributed by atoms with van der Waals surface area (Å²) < 4.78 is 36.6. The second kappa shape index (κ2) is 11.8. The van der Waals surface area contributed by atoms with E-state index < -0.39 is 38.7 Å². The zero-order chi connectivity index (χ0) is 22.1. The molecule has 1 N–H and O–H groups in total. The van der Waals surface area contributed by atoms with E-state index in [1.165, 1.54) is 6.08 Å². The molecule has 0 amide bonds. The zero-order valence-electron chi connectivity index (χ0n) is 17.9. The topological polar surface area (TPSA) is 98.8 Å². The molecule has 164 valence electrons. The molecule has 0 aliphatic carbocycles. The maximum absolute atomic E-state index is 12.5. The van der Waals surface area contributed by atoms with Crippen LogP contribution in [0.4, 0.5) is 0 Å². The smallest absolute Gasteiger partial charge is 0.312 e. The van der Waals surface area contributed by atoms with E-state index in [0.29, 0.717) is 0 Å². The van der Waals surface area contributed by atoms with Crippen molar-refractivity contribution in [3.8, 4) is 0 Å². The summed E-state index contributed by atoms with van der Waals surface area (Å²) in [6.45, 7) is 12.2. The van der Waals surface area contributed by atoms with E-state index in [2.05, 4.69) is 4.72 Å². The van der Waals surface area contributed by atoms with Crippen LogP contribution in [0.1, 0.15) is 61.3 Å². The average Bonchev–Trinajstić information content (AvgIpc) is 2.55. The highest BCUT2D eigenvalue weighted by atomic mass is 35.5. The van der Waals surface area contributed by atoms with Crippen molar-refractivity contribution in [1.29, 1.82) is 0 Å². The van der Waals surface area contributed by atoms with Gasteiger partial charge in [0.15, 0.2) is 0 Å². The lowest BCUT2D eigenvalue weighted by molar-refractivity contribution is -0.147. The highest BCUT2D eigenvalue weighted by Gasteiger charge is 2.33. The average molecular weight is 440 g/mol. The lowest BCUT2D eigenvalue weighted by atomic mass is 9.98. The van der Waals surface area contributed by atoms with Crippen molar-refractivity contribution in [1.82, 2.24) is 4.72 Å². The number of ether oxygens (including phenoxy) is 2. The molecule has 0 aromatic heterocycles. The molecule has 0 aliphatic rings. The predicted molar refractivity (Wildman–Crippen MR) is 110 cm³/mol. The quantitative estimate of drug-likeness (QED) is 0.495. The summed E-state index contributed by atoms with van der Waals surface area (Å²) >= 11 is 6.42. The third-order valence-corrected chi connectivity index (χ3v) is 6.50.